The van der Waals surface area contributed by atoms with Gasteiger partial charge in [-0.2, -0.15) is 0 Å². The summed E-state index contributed by atoms with van der Waals surface area (Å²) in [6, 6.07) is 0.344. The number of thiazole rings is 1. The van der Waals surface area contributed by atoms with Crippen LogP contribution in [0.25, 0.3) is 0 Å². The van der Waals surface area contributed by atoms with Gasteiger partial charge in [-0.15, -0.1) is 11.3 Å². The number of Topliss-reactive ketones (excluding diaryl/α,β-unsaturated/α-hetero) is 1. The highest BCUT2D eigenvalue weighted by atomic mass is 32.1. The summed E-state index contributed by atoms with van der Waals surface area (Å²) >= 11 is 1.75. The number of hydrogen-bond acceptors (Lipinski definition) is 13. The van der Waals surface area contributed by atoms with E-state index in [9.17, 15) is 4.79 Å². The second kappa shape index (κ2) is 19.1. The highest BCUT2D eigenvalue weighted by Crippen LogP contribution is 2.62. The van der Waals surface area contributed by atoms with E-state index in [1.165, 1.54) is 4.88 Å². The van der Waals surface area contributed by atoms with Crippen molar-refractivity contribution in [2.45, 2.75) is 185 Å². The van der Waals surface area contributed by atoms with Crippen LogP contribution in [-0.2, 0) is 47.5 Å². The first-order valence-electron chi connectivity index (χ1n) is 22.2. The van der Waals surface area contributed by atoms with Crippen LogP contribution in [0.1, 0.15) is 126 Å². The summed E-state index contributed by atoms with van der Waals surface area (Å²) in [6.07, 6.45) is 6.89. The van der Waals surface area contributed by atoms with Gasteiger partial charge in [-0.1, -0.05) is 26.8 Å². The lowest BCUT2D eigenvalue weighted by Crippen LogP contribution is -2.59. The fraction of sp³-hybridized carbons (Fsp3) is 0.844. The van der Waals surface area contributed by atoms with Crippen molar-refractivity contribution >= 4 is 23.1 Å². The van der Waals surface area contributed by atoms with Crippen LogP contribution in [0, 0.1) is 30.6 Å². The van der Waals surface area contributed by atoms with Crippen molar-refractivity contribution < 1.29 is 47.5 Å². The lowest BCUT2D eigenvalue weighted by molar-refractivity contribution is -0.314. The highest BCUT2D eigenvalue weighted by molar-refractivity contribution is 7.11. The van der Waals surface area contributed by atoms with Crippen LogP contribution < -0.4 is 0 Å². The van der Waals surface area contributed by atoms with Crippen molar-refractivity contribution in [3.63, 3.8) is 0 Å². The number of rotatable bonds is 11. The van der Waals surface area contributed by atoms with E-state index in [0.29, 0.717) is 12.5 Å². The van der Waals surface area contributed by atoms with Crippen molar-refractivity contribution in [3.8, 4) is 0 Å². The Morgan fingerprint density at radius 1 is 0.897 bits per heavy atom. The molecule has 1 aromatic heterocycles. The maximum Gasteiger partial charge on any atom is 0.306 e. The molecule has 7 rings (SSSR count). The van der Waals surface area contributed by atoms with Gasteiger partial charge in [0.05, 0.1) is 41.5 Å². The van der Waals surface area contributed by atoms with E-state index in [1.54, 1.807) is 32.7 Å². The van der Waals surface area contributed by atoms with E-state index in [0.717, 1.165) is 74.2 Å². The third-order valence-corrected chi connectivity index (χ3v) is 15.6. The van der Waals surface area contributed by atoms with Crippen molar-refractivity contribution in [1.82, 2.24) is 9.88 Å². The number of allylic oxidation sites excluding steroid dienone is 2. The molecule has 12 nitrogen and oxygen atoms in total. The Labute approximate surface area is 350 Å². The maximum absolute atomic E-state index is 15.0. The van der Waals surface area contributed by atoms with Crippen LogP contribution in [-0.4, -0.2) is 124 Å². The van der Waals surface area contributed by atoms with E-state index in [1.807, 2.05) is 13.8 Å². The first-order valence-corrected chi connectivity index (χ1v) is 23.1. The van der Waals surface area contributed by atoms with Crippen molar-refractivity contribution in [3.05, 3.63) is 27.2 Å². The lowest BCUT2D eigenvalue weighted by Gasteiger charge is -2.44. The summed E-state index contributed by atoms with van der Waals surface area (Å²) in [7, 11) is 7.16. The largest absolute Gasteiger partial charge is 0.462 e. The van der Waals surface area contributed by atoms with Crippen molar-refractivity contribution in [2.75, 3.05) is 34.9 Å². The van der Waals surface area contributed by atoms with Crippen molar-refractivity contribution in [1.29, 1.82) is 0 Å². The summed E-state index contributed by atoms with van der Waals surface area (Å²) in [4.78, 5) is 37.7. The third kappa shape index (κ3) is 8.77. The summed E-state index contributed by atoms with van der Waals surface area (Å²) in [5.74, 6) is -0.563. The van der Waals surface area contributed by atoms with Gasteiger partial charge in [0.2, 0.25) is 0 Å². The van der Waals surface area contributed by atoms with E-state index < -0.39 is 18.3 Å². The average molecular weight is 831 g/mol. The Hall–Kier alpha value is -1.81. The molecule has 326 valence electrons. The predicted octanol–water partition coefficient (Wildman–Crippen LogP) is 7.11. The van der Waals surface area contributed by atoms with Crippen LogP contribution in [0.15, 0.2) is 11.6 Å². The zero-order valence-corrected chi connectivity index (χ0v) is 37.4. The fourth-order valence-corrected chi connectivity index (χ4v) is 12.8. The molecule has 0 bridgehead atoms. The molecule has 0 radical (unpaired) electrons. The first kappa shape index (κ1) is 44.3. The molecule has 4 heterocycles. The van der Waals surface area contributed by atoms with Gasteiger partial charge in [0.1, 0.15) is 24.4 Å². The predicted molar refractivity (Wildman–Crippen MR) is 220 cm³/mol. The summed E-state index contributed by atoms with van der Waals surface area (Å²) in [6.45, 7) is 13.5. The molecule has 0 spiro atoms. The van der Waals surface area contributed by atoms with Gasteiger partial charge in [-0.05, 0) is 110 Å². The second-order valence-electron chi connectivity index (χ2n) is 18.0. The molecule has 1 aromatic rings. The van der Waals surface area contributed by atoms with Gasteiger partial charge in [0, 0.05) is 55.9 Å². The molecule has 3 saturated heterocycles. The molecular weight excluding hydrogens is 761 g/mol. The number of esters is 1. The number of carbonyl (C=O) groups is 2. The Morgan fingerprint density at radius 2 is 1.66 bits per heavy atom. The van der Waals surface area contributed by atoms with E-state index in [2.05, 4.69) is 45.7 Å². The molecule has 0 aromatic carbocycles. The second-order valence-corrected chi connectivity index (χ2v) is 19.2. The SMILES string of the molecule is CCCN(C)[C@H]1CC[C@H](O[C@H]2CCC[C@H](CC)OC(=O)C[C@@H]3C(=C[C@H]4[C@@H]5C[C@H](O[C@@H]6OC(C)[C@H](OC)C(OC)C6OC)C[C@H]5c5sc(C)nc5[C@H]43)C(=O)[C@@H]2C)OC1C. The molecular formula is C45H70N2O10S. The number of methoxy groups -OCH3 is 3. The number of fused-ring (bicyclic) bond motifs is 8. The number of ether oxygens (including phenoxy) is 8. The minimum absolute atomic E-state index is 0.0246. The summed E-state index contributed by atoms with van der Waals surface area (Å²) in [5, 5.41) is 0.999. The van der Waals surface area contributed by atoms with Crippen LogP contribution in [0.3, 0.4) is 0 Å². The summed E-state index contributed by atoms with van der Waals surface area (Å²) in [5.41, 5.74) is 1.78. The number of hydrogen-bond donors (Lipinski definition) is 0. The lowest BCUT2D eigenvalue weighted by atomic mass is 9.67. The Morgan fingerprint density at radius 3 is 2.34 bits per heavy atom. The Bertz CT molecular complexity index is 1600. The summed E-state index contributed by atoms with van der Waals surface area (Å²) < 4.78 is 50.4. The number of nitrogens with zero attached hydrogens (tertiary/aromatic N) is 2. The normalized spacial score (nSPS) is 42.1. The third-order valence-electron chi connectivity index (χ3n) is 14.5. The molecule has 17 atom stereocenters. The fourth-order valence-electron chi connectivity index (χ4n) is 11.6. The molecule has 3 aliphatic heterocycles. The van der Waals surface area contributed by atoms with Gasteiger partial charge in [-0.3, -0.25) is 9.59 Å². The minimum Gasteiger partial charge on any atom is -0.462 e. The molecule has 4 unspecified atom stereocenters. The Balaban J connectivity index is 1.16. The number of cyclic esters (lactones) is 1. The molecule has 58 heavy (non-hydrogen) atoms. The molecule has 4 fully saturated rings. The van der Waals surface area contributed by atoms with E-state index >= 15 is 4.79 Å². The molecule has 13 heteroatoms. The Kier molecular flexibility index (Phi) is 14.5. The first-order chi connectivity index (χ1) is 27.9. The molecule has 3 aliphatic carbocycles. The number of aromatic nitrogens is 1. The highest BCUT2D eigenvalue weighted by Gasteiger charge is 2.57. The monoisotopic (exact) mass is 830 g/mol. The van der Waals surface area contributed by atoms with E-state index in [4.69, 9.17) is 42.9 Å². The number of ketones is 1. The van der Waals surface area contributed by atoms with Gasteiger partial charge in [0.15, 0.2) is 18.4 Å². The number of carbonyl (C=O) groups excluding carboxylic acids is 2. The molecule has 0 N–H and O–H groups in total. The van der Waals surface area contributed by atoms with Gasteiger partial charge in [0.25, 0.3) is 0 Å². The van der Waals surface area contributed by atoms with Gasteiger partial charge < -0.3 is 42.8 Å². The average Bonchev–Trinajstić information content (AvgIpc) is 3.90. The maximum atomic E-state index is 15.0. The quantitative estimate of drug-likeness (QED) is 0.211. The molecule has 0 amide bonds. The van der Waals surface area contributed by atoms with Crippen molar-refractivity contribution in [2.24, 2.45) is 23.7 Å². The van der Waals surface area contributed by atoms with Crippen LogP contribution >= 0.6 is 11.3 Å². The van der Waals surface area contributed by atoms with Gasteiger partial charge >= 0.3 is 5.97 Å². The van der Waals surface area contributed by atoms with Crippen LogP contribution in [0.4, 0.5) is 0 Å². The zero-order chi connectivity index (χ0) is 41.4. The van der Waals surface area contributed by atoms with Crippen LogP contribution in [0.5, 0.6) is 0 Å². The number of aryl methyl sites for hydroxylation is 1. The van der Waals surface area contributed by atoms with Gasteiger partial charge in [-0.25, -0.2) is 4.98 Å². The van der Waals surface area contributed by atoms with E-state index in [-0.39, 0.29) is 96.8 Å². The standard InChI is InChI=1S/C45H70N2O10S/c1-11-18-47(7)34-16-17-37(53-24(34)4)57-35-15-13-14-27(12-2)55-36(48)22-31-32(40(49)23(35)3)21-30-29-19-28(20-33(29)44-39(38(30)31)46-26(6)58-44)56-45-43(52-10)42(51-9)41(50-8)25(5)54-45/h21,23-25,27-31,33-35,37-38,41-43,45H,11-20,22H2,1-10H3/t23-,24?,25?,27+,28+,29+,30+,31-,33-,34+,35+,37+,38-,41+,42?,43?,45+/m1/s1. The topological polar surface area (TPSA) is 124 Å². The smallest absolute Gasteiger partial charge is 0.306 e. The molecule has 6 aliphatic rings. The minimum atomic E-state index is -0.628. The molecule has 1 saturated carbocycles. The number of likely N-dealkylation sites (N-methyl/N-ethyl adjacent to an activating group) is 1. The zero-order valence-electron chi connectivity index (χ0n) is 36.6. The van der Waals surface area contributed by atoms with Crippen LogP contribution in [0.2, 0.25) is 0 Å².